The van der Waals surface area contributed by atoms with Crippen LogP contribution in [0.5, 0.6) is 0 Å². The van der Waals surface area contributed by atoms with Gasteiger partial charge in [0.05, 0.1) is 30.1 Å². The van der Waals surface area contributed by atoms with Crippen LogP contribution in [0.1, 0.15) is 32.4 Å². The summed E-state index contributed by atoms with van der Waals surface area (Å²) in [6.07, 6.45) is 7.68. The fourth-order valence-corrected chi connectivity index (χ4v) is 3.77. The number of benzene rings is 1. The Morgan fingerprint density at radius 1 is 0.949 bits per heavy atom. The lowest BCUT2D eigenvalue weighted by Crippen LogP contribution is -2.47. The van der Waals surface area contributed by atoms with Gasteiger partial charge in [-0.05, 0) is 32.9 Å². The van der Waals surface area contributed by atoms with E-state index >= 15 is 0 Å². The molecule has 1 unspecified atom stereocenters. The first-order valence-corrected chi connectivity index (χ1v) is 12.6. The monoisotopic (exact) mass is 536 g/mol. The van der Waals surface area contributed by atoms with E-state index in [9.17, 15) is 14.6 Å². The average Bonchev–Trinajstić information content (AvgIpc) is 3.34. The fraction of sp³-hybridized carbons (Fsp3) is 0.385. The summed E-state index contributed by atoms with van der Waals surface area (Å²) in [4.78, 5) is 26.0. The zero-order chi connectivity index (χ0) is 27.8. The quantitative estimate of drug-likeness (QED) is 0.321. The van der Waals surface area contributed by atoms with Crippen LogP contribution in [0.25, 0.3) is 0 Å². The lowest BCUT2D eigenvalue weighted by Gasteiger charge is -2.34. The summed E-state index contributed by atoms with van der Waals surface area (Å²) in [5, 5.41) is 26.9. The summed E-state index contributed by atoms with van der Waals surface area (Å²) in [7, 11) is 0. The van der Waals surface area contributed by atoms with Gasteiger partial charge < -0.3 is 25.3 Å². The molecule has 13 heteroatoms. The summed E-state index contributed by atoms with van der Waals surface area (Å²) in [5.74, 6) is 1.49. The van der Waals surface area contributed by atoms with Gasteiger partial charge in [-0.15, -0.1) is 0 Å². The lowest BCUT2D eigenvalue weighted by molar-refractivity contribution is 0.0577. The molecule has 0 bridgehead atoms. The number of aromatic nitrogens is 7. The van der Waals surface area contributed by atoms with E-state index in [2.05, 4.69) is 45.1 Å². The molecule has 0 aliphatic carbocycles. The molecule has 1 fully saturated rings. The standard InChI is InChI=1S/C20H28N10O2.C6H5F/c1-14(31)15-8-21-18(22-9-15)28-4-6-29(7-5-28)19-24-13-23-17(27-19)26-16-10-25-30(11-16)12-20(2,3)32;7-6-4-2-1-3-5-6/h8-11,13-14,31-32H,4-7,12H2,1-3H3,(H,23,24,26,27);1-5H. The maximum absolute atomic E-state index is 11.9. The van der Waals surface area contributed by atoms with Crippen molar-refractivity contribution in [1.82, 2.24) is 34.7 Å². The maximum atomic E-state index is 11.9. The number of nitrogens with zero attached hydrogens (tertiary/aromatic N) is 9. The summed E-state index contributed by atoms with van der Waals surface area (Å²) in [5.41, 5.74) is 0.577. The van der Waals surface area contributed by atoms with Crippen LogP contribution in [-0.2, 0) is 6.54 Å². The third-order valence-electron chi connectivity index (χ3n) is 5.72. The highest BCUT2D eigenvalue weighted by Crippen LogP contribution is 2.18. The van der Waals surface area contributed by atoms with Crippen LogP contribution in [0.2, 0.25) is 0 Å². The first kappa shape index (κ1) is 27.8. The van der Waals surface area contributed by atoms with Crippen molar-refractivity contribution in [3.8, 4) is 0 Å². The van der Waals surface area contributed by atoms with E-state index in [1.54, 1.807) is 68.4 Å². The van der Waals surface area contributed by atoms with Crippen LogP contribution in [0, 0.1) is 5.82 Å². The van der Waals surface area contributed by atoms with Crippen molar-refractivity contribution in [1.29, 1.82) is 0 Å². The molecule has 1 aliphatic heterocycles. The van der Waals surface area contributed by atoms with Crippen LogP contribution in [0.15, 0.2) is 61.4 Å². The molecule has 0 spiro atoms. The Balaban J connectivity index is 0.000000438. The minimum Gasteiger partial charge on any atom is -0.389 e. The van der Waals surface area contributed by atoms with Gasteiger partial charge >= 0.3 is 0 Å². The van der Waals surface area contributed by atoms with Crippen LogP contribution >= 0.6 is 0 Å². The molecule has 3 aromatic heterocycles. The number of aliphatic hydroxyl groups is 2. The number of aliphatic hydroxyl groups excluding tert-OH is 1. The Labute approximate surface area is 226 Å². The molecule has 1 atom stereocenters. The Bertz CT molecular complexity index is 1300. The second kappa shape index (κ2) is 12.5. The highest BCUT2D eigenvalue weighted by Gasteiger charge is 2.21. The van der Waals surface area contributed by atoms with E-state index in [0.717, 1.165) is 18.8 Å². The smallest absolute Gasteiger partial charge is 0.232 e. The number of halogens is 1. The van der Waals surface area contributed by atoms with E-state index < -0.39 is 11.7 Å². The van der Waals surface area contributed by atoms with Crippen molar-refractivity contribution >= 4 is 23.5 Å². The van der Waals surface area contributed by atoms with E-state index in [0.29, 0.717) is 43.0 Å². The topological polar surface area (TPSA) is 141 Å². The normalized spacial score (nSPS) is 14.4. The molecule has 0 radical (unpaired) electrons. The third kappa shape index (κ3) is 8.38. The zero-order valence-corrected chi connectivity index (χ0v) is 22.2. The first-order valence-electron chi connectivity index (χ1n) is 12.6. The molecule has 1 saturated heterocycles. The highest BCUT2D eigenvalue weighted by molar-refractivity contribution is 5.51. The minimum atomic E-state index is -0.851. The minimum absolute atomic E-state index is 0.178. The molecule has 3 N–H and O–H groups in total. The van der Waals surface area contributed by atoms with Gasteiger partial charge in [-0.2, -0.15) is 10.1 Å². The van der Waals surface area contributed by atoms with E-state index in [-0.39, 0.29) is 5.82 Å². The first-order chi connectivity index (χ1) is 18.7. The number of hydrogen-bond donors (Lipinski definition) is 3. The van der Waals surface area contributed by atoms with Gasteiger partial charge in [0.25, 0.3) is 0 Å². The molecule has 4 aromatic rings. The van der Waals surface area contributed by atoms with Gasteiger partial charge in [0.15, 0.2) is 0 Å². The van der Waals surface area contributed by atoms with Crippen molar-refractivity contribution in [2.45, 2.75) is 39.0 Å². The van der Waals surface area contributed by atoms with Gasteiger partial charge in [0.2, 0.25) is 17.8 Å². The van der Waals surface area contributed by atoms with Gasteiger partial charge in [-0.1, -0.05) is 18.2 Å². The second-order valence-electron chi connectivity index (χ2n) is 9.74. The van der Waals surface area contributed by atoms with Crippen molar-refractivity contribution in [2.75, 3.05) is 41.3 Å². The van der Waals surface area contributed by atoms with E-state index in [4.69, 9.17) is 0 Å². The molecular weight excluding hydrogens is 503 g/mol. The molecule has 0 saturated carbocycles. The van der Waals surface area contributed by atoms with Crippen molar-refractivity contribution in [2.24, 2.45) is 0 Å². The Hall–Kier alpha value is -4.23. The number of anilines is 4. The average molecular weight is 537 g/mol. The SMILES string of the molecule is CC(O)c1cnc(N2CCN(c3ncnc(Nc4cnn(CC(C)(C)O)c4)n3)CC2)nc1.Fc1ccccc1. The largest absolute Gasteiger partial charge is 0.389 e. The van der Waals surface area contributed by atoms with Crippen LogP contribution in [0.3, 0.4) is 0 Å². The molecule has 39 heavy (non-hydrogen) atoms. The second-order valence-corrected chi connectivity index (χ2v) is 9.74. The zero-order valence-electron chi connectivity index (χ0n) is 22.2. The van der Waals surface area contributed by atoms with Gasteiger partial charge in [-0.25, -0.2) is 24.3 Å². The summed E-state index contributed by atoms with van der Waals surface area (Å²) >= 11 is 0. The maximum Gasteiger partial charge on any atom is 0.232 e. The molecule has 4 heterocycles. The Morgan fingerprint density at radius 2 is 1.59 bits per heavy atom. The van der Waals surface area contributed by atoms with Gasteiger partial charge in [0, 0.05) is 50.3 Å². The van der Waals surface area contributed by atoms with Crippen LogP contribution in [0.4, 0.5) is 27.9 Å². The predicted molar refractivity (Wildman–Crippen MR) is 145 cm³/mol. The van der Waals surface area contributed by atoms with Gasteiger partial charge in [-0.3, -0.25) is 4.68 Å². The van der Waals surface area contributed by atoms with Crippen molar-refractivity contribution in [3.05, 3.63) is 72.8 Å². The number of piperazine rings is 1. The predicted octanol–water partition coefficient (Wildman–Crippen LogP) is 2.58. The summed E-state index contributed by atoms with van der Waals surface area (Å²) in [6, 6.07) is 7.94. The van der Waals surface area contributed by atoms with Gasteiger partial charge in [0.1, 0.15) is 12.1 Å². The molecule has 206 valence electrons. The van der Waals surface area contributed by atoms with Crippen molar-refractivity contribution in [3.63, 3.8) is 0 Å². The molecule has 5 rings (SSSR count). The van der Waals surface area contributed by atoms with Crippen LogP contribution < -0.4 is 15.1 Å². The third-order valence-corrected chi connectivity index (χ3v) is 5.72. The highest BCUT2D eigenvalue weighted by atomic mass is 19.1. The summed E-state index contributed by atoms with van der Waals surface area (Å²) < 4.78 is 13.6. The number of rotatable bonds is 7. The fourth-order valence-electron chi connectivity index (χ4n) is 3.77. The number of hydrogen-bond acceptors (Lipinski definition) is 11. The van der Waals surface area contributed by atoms with E-state index in [1.165, 1.54) is 18.5 Å². The Morgan fingerprint density at radius 3 is 2.15 bits per heavy atom. The molecule has 0 amide bonds. The number of nitrogens with one attached hydrogen (secondary N) is 1. The summed E-state index contributed by atoms with van der Waals surface area (Å²) in [6.45, 7) is 8.43. The van der Waals surface area contributed by atoms with Crippen molar-refractivity contribution < 1.29 is 14.6 Å². The van der Waals surface area contributed by atoms with E-state index in [1.807, 2.05) is 0 Å². The lowest BCUT2D eigenvalue weighted by atomic mass is 10.1. The van der Waals surface area contributed by atoms with Crippen LogP contribution in [-0.4, -0.2) is 76.7 Å². The molecule has 12 nitrogen and oxygen atoms in total. The molecule has 1 aromatic carbocycles. The molecular formula is C26H33FN10O2. The molecule has 1 aliphatic rings. The Kier molecular flexibility index (Phi) is 8.94.